The van der Waals surface area contributed by atoms with Crippen LogP contribution in [0.25, 0.3) is 54.2 Å². The zero-order valence-electron chi connectivity index (χ0n) is 29.6. The first-order valence-corrected chi connectivity index (χ1v) is 18.0. The van der Waals surface area contributed by atoms with Crippen molar-refractivity contribution in [2.75, 3.05) is 0 Å². The molecular formula is C48H36CuN4O2+4. The van der Waals surface area contributed by atoms with Gasteiger partial charge in [0.1, 0.15) is 0 Å². The summed E-state index contributed by atoms with van der Waals surface area (Å²) in [6.45, 7) is 0. The maximum absolute atomic E-state index is 9.04. The SMILES string of the molecule is [Cu+2].[OH2+]C1c2c(ccc3ccccc23)-c2ccccc2C1N=Nc1ccccc1.[OH2+]c1c(N=Nc2ccccc2)c2ccccc2c2ccc3ccccc3c12. The predicted octanol–water partition coefficient (Wildman–Crippen LogP) is 13.1. The number of hydrogen-bond donors (Lipinski definition) is 0. The van der Waals surface area contributed by atoms with E-state index in [1.807, 2.05) is 115 Å². The summed E-state index contributed by atoms with van der Waals surface area (Å²) < 4.78 is 0. The van der Waals surface area contributed by atoms with Gasteiger partial charge >= 0.3 is 17.1 Å². The summed E-state index contributed by atoms with van der Waals surface area (Å²) >= 11 is 0. The van der Waals surface area contributed by atoms with Crippen LogP contribution >= 0.6 is 0 Å². The number of fused-ring (bicyclic) bond motifs is 10. The number of rotatable bonds is 4. The molecule has 6 nitrogen and oxygen atoms in total. The zero-order valence-corrected chi connectivity index (χ0v) is 30.5. The molecule has 1 radical (unpaired) electrons. The van der Waals surface area contributed by atoms with Crippen LogP contribution in [0.15, 0.2) is 202 Å². The van der Waals surface area contributed by atoms with Gasteiger partial charge in [0.2, 0.25) is 6.10 Å². The smallest absolute Gasteiger partial charge is 0.591 e. The summed E-state index contributed by atoms with van der Waals surface area (Å²) in [4.78, 5) is 0. The van der Waals surface area contributed by atoms with Gasteiger partial charge < -0.3 is 10.2 Å². The fourth-order valence-corrected chi connectivity index (χ4v) is 7.60. The van der Waals surface area contributed by atoms with E-state index >= 15 is 0 Å². The first-order valence-electron chi connectivity index (χ1n) is 18.0. The Balaban J connectivity index is 0.000000153. The van der Waals surface area contributed by atoms with E-state index in [2.05, 4.69) is 87.2 Å². The first kappa shape index (κ1) is 35.5. The second kappa shape index (κ2) is 15.5. The van der Waals surface area contributed by atoms with Gasteiger partial charge in [-0.1, -0.05) is 158 Å². The molecule has 0 amide bonds. The minimum atomic E-state index is -0.492. The van der Waals surface area contributed by atoms with Gasteiger partial charge in [-0.25, -0.2) is 0 Å². The van der Waals surface area contributed by atoms with Crippen LogP contribution in [0.5, 0.6) is 5.75 Å². The van der Waals surface area contributed by atoms with Crippen molar-refractivity contribution in [3.05, 3.63) is 193 Å². The van der Waals surface area contributed by atoms with Crippen LogP contribution in [0.3, 0.4) is 0 Å². The third-order valence-electron chi connectivity index (χ3n) is 10.1. The van der Waals surface area contributed by atoms with Crippen molar-refractivity contribution in [1.82, 2.24) is 0 Å². The average Bonchev–Trinajstić information content (AvgIpc) is 3.24. The summed E-state index contributed by atoms with van der Waals surface area (Å²) in [6.07, 6.45) is -0.492. The Morgan fingerprint density at radius 1 is 0.418 bits per heavy atom. The maximum Gasteiger partial charge on any atom is 2.00 e. The van der Waals surface area contributed by atoms with Crippen molar-refractivity contribution in [2.24, 2.45) is 20.5 Å². The standard InChI is InChI=1S/C24H18N2O.C24H16N2O.Cu/c2*27-24-22-18-11-5-4-8-16(18)14-15-20(22)19-12-6-7-13-21(19)23(24)26-25-17-9-2-1-3-10-17;/h1-15,23-24,27H;1-15,27H;/q;;+2/p+2. The number of nitrogens with zero attached hydrogens (tertiary/aromatic N) is 4. The van der Waals surface area contributed by atoms with E-state index in [1.54, 1.807) is 0 Å². The summed E-state index contributed by atoms with van der Waals surface area (Å²) in [5, 5.41) is 44.4. The largest absolute Gasteiger partial charge is 2.00 e. The van der Waals surface area contributed by atoms with Gasteiger partial charge in [0.05, 0.1) is 16.8 Å². The fraction of sp³-hybridized carbons (Fsp3) is 0.0417. The van der Waals surface area contributed by atoms with Gasteiger partial charge in [-0.05, 0) is 73.3 Å². The molecule has 2 unspecified atom stereocenters. The maximum atomic E-state index is 9.04. The van der Waals surface area contributed by atoms with Gasteiger partial charge in [-0.2, -0.15) is 15.3 Å². The Bertz CT molecular complexity index is 2880. The molecule has 10 rings (SSSR count). The van der Waals surface area contributed by atoms with Gasteiger partial charge in [0.15, 0.2) is 11.7 Å². The molecule has 1 aliphatic rings. The monoisotopic (exact) mass is 763 g/mol. The van der Waals surface area contributed by atoms with Crippen LogP contribution in [-0.2, 0) is 17.1 Å². The van der Waals surface area contributed by atoms with E-state index in [0.29, 0.717) is 11.4 Å². The van der Waals surface area contributed by atoms with E-state index in [1.165, 1.54) is 0 Å². The average molecular weight is 764 g/mol. The summed E-state index contributed by atoms with van der Waals surface area (Å²) in [6, 6.07) is 60.4. The molecule has 1 aliphatic carbocycles. The van der Waals surface area contributed by atoms with Crippen LogP contribution in [-0.4, -0.2) is 10.2 Å². The third-order valence-corrected chi connectivity index (χ3v) is 10.1. The molecule has 7 heteroatoms. The zero-order chi connectivity index (χ0) is 36.4. The summed E-state index contributed by atoms with van der Waals surface area (Å²) in [7, 11) is 0. The Morgan fingerprint density at radius 3 is 1.69 bits per heavy atom. The normalized spacial score (nSPS) is 14.8. The molecule has 0 saturated heterocycles. The minimum absolute atomic E-state index is 0. The minimum Gasteiger partial charge on any atom is -0.591 e. The Morgan fingerprint density at radius 2 is 0.964 bits per heavy atom. The molecule has 0 aromatic heterocycles. The molecule has 0 bridgehead atoms. The van der Waals surface area contributed by atoms with Gasteiger partial charge in [-0.15, -0.1) is 5.11 Å². The van der Waals surface area contributed by atoms with E-state index in [-0.39, 0.29) is 23.1 Å². The number of hydrogen-bond acceptors (Lipinski definition) is 4. The molecule has 9 aromatic rings. The van der Waals surface area contributed by atoms with Crippen molar-refractivity contribution >= 4 is 60.2 Å². The molecule has 0 saturated carbocycles. The Hall–Kier alpha value is -6.50. The van der Waals surface area contributed by atoms with Crippen molar-refractivity contribution in [3.63, 3.8) is 0 Å². The fourth-order valence-electron chi connectivity index (χ4n) is 7.60. The van der Waals surface area contributed by atoms with E-state index in [9.17, 15) is 0 Å². The van der Waals surface area contributed by atoms with Crippen molar-refractivity contribution < 1.29 is 27.3 Å². The second-order valence-electron chi connectivity index (χ2n) is 13.3. The summed E-state index contributed by atoms with van der Waals surface area (Å²) in [5.74, 6) is 0.417. The van der Waals surface area contributed by atoms with Gasteiger partial charge in [-0.3, -0.25) is 0 Å². The van der Waals surface area contributed by atoms with E-state index < -0.39 is 6.10 Å². The molecule has 0 aliphatic heterocycles. The Labute approximate surface area is 328 Å². The molecule has 4 N–H and O–H groups in total. The van der Waals surface area contributed by atoms with E-state index in [0.717, 1.165) is 76.7 Å². The molecule has 9 aromatic carbocycles. The third kappa shape index (κ3) is 6.66. The molecule has 0 heterocycles. The predicted molar refractivity (Wildman–Crippen MR) is 222 cm³/mol. The van der Waals surface area contributed by atoms with Crippen LogP contribution in [0.4, 0.5) is 17.1 Å². The number of azo groups is 2. The van der Waals surface area contributed by atoms with E-state index in [4.69, 9.17) is 10.2 Å². The van der Waals surface area contributed by atoms with Crippen LogP contribution < -0.4 is 0 Å². The number of benzene rings is 9. The molecule has 55 heavy (non-hydrogen) atoms. The molecule has 0 spiro atoms. The van der Waals surface area contributed by atoms with Crippen LogP contribution in [0.1, 0.15) is 23.3 Å². The van der Waals surface area contributed by atoms with Gasteiger partial charge in [0, 0.05) is 10.9 Å². The van der Waals surface area contributed by atoms with Crippen molar-refractivity contribution in [2.45, 2.75) is 12.1 Å². The molecule has 267 valence electrons. The first-order chi connectivity index (χ1) is 26.7. The van der Waals surface area contributed by atoms with Crippen LogP contribution in [0, 0.1) is 0 Å². The Kier molecular flexibility index (Phi) is 9.99. The molecule has 0 fully saturated rings. The topological polar surface area (TPSA) is 95.2 Å². The molecule has 2 atom stereocenters. The molecular weight excluding hydrogens is 728 g/mol. The summed E-state index contributed by atoms with van der Waals surface area (Å²) in [5.41, 5.74) is 6.60. The quantitative estimate of drug-likeness (QED) is 0.0738. The second-order valence-corrected chi connectivity index (χ2v) is 13.3. The van der Waals surface area contributed by atoms with Gasteiger partial charge in [0.25, 0.3) is 5.75 Å². The van der Waals surface area contributed by atoms with Crippen LogP contribution in [0.2, 0.25) is 0 Å². The van der Waals surface area contributed by atoms with Crippen molar-refractivity contribution in [3.8, 4) is 16.9 Å². The van der Waals surface area contributed by atoms with Crippen molar-refractivity contribution in [1.29, 1.82) is 0 Å².